The fraction of sp³-hybridized carbons (Fsp3) is 0.233. The predicted molar refractivity (Wildman–Crippen MR) is 149 cm³/mol. The van der Waals surface area contributed by atoms with Crippen molar-refractivity contribution in [2.24, 2.45) is 0 Å². The molecule has 6 rings (SSSR count). The van der Waals surface area contributed by atoms with Crippen LogP contribution in [0.5, 0.6) is 0 Å². The number of nitrogens with one attached hydrogen (secondary N) is 3. The van der Waals surface area contributed by atoms with Crippen molar-refractivity contribution in [1.82, 2.24) is 24.6 Å². The first-order valence-corrected chi connectivity index (χ1v) is 13.3. The molecule has 2 aromatic carbocycles. The van der Waals surface area contributed by atoms with Crippen LogP contribution in [0.4, 0.5) is 18.9 Å². The van der Waals surface area contributed by atoms with Crippen LogP contribution in [-0.4, -0.2) is 49.8 Å². The Hall–Kier alpha value is -4.64. The van der Waals surface area contributed by atoms with Crippen LogP contribution in [0.2, 0.25) is 0 Å². The topological polar surface area (TPSA) is 98.8 Å². The maximum atomic E-state index is 13.5. The van der Waals surface area contributed by atoms with E-state index in [9.17, 15) is 22.8 Å². The highest BCUT2D eigenvalue weighted by molar-refractivity contribution is 6.04. The van der Waals surface area contributed by atoms with Crippen molar-refractivity contribution in [3.63, 3.8) is 0 Å². The van der Waals surface area contributed by atoms with E-state index in [0.29, 0.717) is 35.3 Å². The van der Waals surface area contributed by atoms with Crippen LogP contribution < -0.4 is 10.9 Å². The van der Waals surface area contributed by atoms with Crippen molar-refractivity contribution < 1.29 is 18.0 Å². The molecular weight excluding hydrogens is 533 g/mol. The molecule has 5 aromatic rings. The van der Waals surface area contributed by atoms with Gasteiger partial charge < -0.3 is 15.3 Å². The SMILES string of the molecule is O=C(Nc1c[nH]c(=O)c(-c2cc3cc(CN4CCC(F)CC4)ccc3[nH]2)c1)c1cnn(Cc2ccc(F)c(F)c2)c1. The number of hydrogen-bond acceptors (Lipinski definition) is 4. The van der Waals surface area contributed by atoms with Crippen LogP contribution in [0, 0.1) is 11.6 Å². The molecule has 3 N–H and O–H groups in total. The summed E-state index contributed by atoms with van der Waals surface area (Å²) >= 11 is 0. The average molecular weight is 561 g/mol. The molecule has 0 bridgehead atoms. The second-order valence-corrected chi connectivity index (χ2v) is 10.3. The molecular formula is C30H27F3N6O2. The maximum absolute atomic E-state index is 13.5. The third-order valence-electron chi connectivity index (χ3n) is 7.28. The summed E-state index contributed by atoms with van der Waals surface area (Å²) in [6, 6.07) is 13.1. The number of carbonyl (C=O) groups excluding carboxylic acids is 1. The number of aromatic nitrogens is 4. The molecule has 1 amide bonds. The summed E-state index contributed by atoms with van der Waals surface area (Å²) in [5.41, 5.74) is 3.77. The molecule has 4 heterocycles. The number of piperidine rings is 1. The highest BCUT2D eigenvalue weighted by Gasteiger charge is 2.19. The van der Waals surface area contributed by atoms with Gasteiger partial charge in [0.05, 0.1) is 35.2 Å². The molecule has 1 aliphatic rings. The van der Waals surface area contributed by atoms with Gasteiger partial charge in [-0.05, 0) is 60.4 Å². The zero-order valence-electron chi connectivity index (χ0n) is 22.0. The lowest BCUT2D eigenvalue weighted by Crippen LogP contribution is -2.33. The van der Waals surface area contributed by atoms with E-state index in [1.54, 1.807) is 6.07 Å². The quantitative estimate of drug-likeness (QED) is 0.254. The predicted octanol–water partition coefficient (Wildman–Crippen LogP) is 5.23. The lowest BCUT2D eigenvalue weighted by atomic mass is 10.1. The number of rotatable bonds is 7. The van der Waals surface area contributed by atoms with Crippen molar-refractivity contribution in [2.75, 3.05) is 18.4 Å². The first-order valence-electron chi connectivity index (χ1n) is 13.3. The Morgan fingerprint density at radius 3 is 2.59 bits per heavy atom. The van der Waals surface area contributed by atoms with Crippen molar-refractivity contribution >= 4 is 22.5 Å². The molecule has 0 atom stereocenters. The Bertz CT molecular complexity index is 1780. The number of hydrogen-bond donors (Lipinski definition) is 3. The number of likely N-dealkylation sites (tertiary alicyclic amines) is 1. The Morgan fingerprint density at radius 2 is 1.78 bits per heavy atom. The lowest BCUT2D eigenvalue weighted by Gasteiger charge is -2.28. The van der Waals surface area contributed by atoms with Crippen LogP contribution >= 0.6 is 0 Å². The molecule has 1 fully saturated rings. The van der Waals surface area contributed by atoms with Crippen LogP contribution in [0.3, 0.4) is 0 Å². The standard InChI is InChI=1S/C30H27F3N6O2/c31-22-5-7-38(8-6-22)15-18-2-4-27-20(9-18)11-28(37-27)24-12-23(14-34-30(24)41)36-29(40)21-13-35-39(17-21)16-19-1-3-25(32)26(33)10-19/h1-4,9-14,17,22,37H,5-8,15-16H2,(H,34,41)(H,36,40). The van der Waals surface area contributed by atoms with E-state index in [0.717, 1.165) is 48.2 Å². The summed E-state index contributed by atoms with van der Waals surface area (Å²) in [5.74, 6) is -2.33. The van der Waals surface area contributed by atoms with Gasteiger partial charge in [-0.15, -0.1) is 0 Å². The molecule has 0 saturated carbocycles. The normalized spacial score (nSPS) is 14.5. The summed E-state index contributed by atoms with van der Waals surface area (Å²) in [4.78, 5) is 33.8. The van der Waals surface area contributed by atoms with E-state index in [2.05, 4.69) is 31.3 Å². The van der Waals surface area contributed by atoms with E-state index >= 15 is 0 Å². The molecule has 0 unspecified atom stereocenters. The number of carbonyl (C=O) groups is 1. The van der Waals surface area contributed by atoms with Gasteiger partial charge in [0.2, 0.25) is 0 Å². The van der Waals surface area contributed by atoms with Gasteiger partial charge in [0.1, 0.15) is 6.17 Å². The average Bonchev–Trinajstić information content (AvgIpc) is 3.60. The molecule has 210 valence electrons. The van der Waals surface area contributed by atoms with E-state index in [4.69, 9.17) is 0 Å². The van der Waals surface area contributed by atoms with Gasteiger partial charge >= 0.3 is 0 Å². The van der Waals surface area contributed by atoms with Gasteiger partial charge in [-0.3, -0.25) is 19.2 Å². The number of benzene rings is 2. The molecule has 11 heteroatoms. The molecule has 0 radical (unpaired) electrons. The molecule has 1 saturated heterocycles. The smallest absolute Gasteiger partial charge is 0.258 e. The van der Waals surface area contributed by atoms with E-state index < -0.39 is 23.7 Å². The van der Waals surface area contributed by atoms with Gasteiger partial charge in [0.15, 0.2) is 11.6 Å². The lowest BCUT2D eigenvalue weighted by molar-refractivity contribution is 0.102. The number of fused-ring (bicyclic) bond motifs is 1. The molecule has 0 spiro atoms. The third-order valence-corrected chi connectivity index (χ3v) is 7.28. The fourth-order valence-electron chi connectivity index (χ4n) is 5.09. The van der Waals surface area contributed by atoms with Crippen molar-refractivity contribution in [3.8, 4) is 11.3 Å². The molecule has 1 aliphatic heterocycles. The Morgan fingerprint density at radius 1 is 1.00 bits per heavy atom. The fourth-order valence-corrected chi connectivity index (χ4v) is 5.09. The summed E-state index contributed by atoms with van der Waals surface area (Å²) in [6.45, 7) is 2.37. The zero-order valence-corrected chi connectivity index (χ0v) is 22.0. The molecule has 3 aromatic heterocycles. The van der Waals surface area contributed by atoms with Crippen LogP contribution in [0.1, 0.15) is 34.3 Å². The van der Waals surface area contributed by atoms with E-state index in [-0.39, 0.29) is 17.7 Å². The zero-order chi connectivity index (χ0) is 28.5. The maximum Gasteiger partial charge on any atom is 0.258 e. The third kappa shape index (κ3) is 5.94. The number of nitrogens with zero attached hydrogens (tertiary/aromatic N) is 3. The second-order valence-electron chi connectivity index (χ2n) is 10.3. The minimum absolute atomic E-state index is 0.158. The number of anilines is 1. The number of pyridine rings is 1. The Kier molecular flexibility index (Phi) is 7.19. The van der Waals surface area contributed by atoms with Gasteiger partial charge in [0.25, 0.3) is 11.5 Å². The summed E-state index contributed by atoms with van der Waals surface area (Å²) in [6.07, 6.45) is 4.70. The number of amides is 1. The van der Waals surface area contributed by atoms with Crippen LogP contribution in [0.25, 0.3) is 22.2 Å². The number of halogens is 3. The number of H-pyrrole nitrogens is 2. The number of alkyl halides is 1. The van der Waals surface area contributed by atoms with Crippen molar-refractivity contribution in [3.05, 3.63) is 106 Å². The summed E-state index contributed by atoms with van der Waals surface area (Å²) in [7, 11) is 0. The minimum Gasteiger partial charge on any atom is -0.354 e. The highest BCUT2D eigenvalue weighted by Crippen LogP contribution is 2.26. The summed E-state index contributed by atoms with van der Waals surface area (Å²) in [5, 5.41) is 7.84. The first kappa shape index (κ1) is 26.6. The monoisotopic (exact) mass is 560 g/mol. The van der Waals surface area contributed by atoms with E-state index in [1.807, 2.05) is 18.2 Å². The largest absolute Gasteiger partial charge is 0.354 e. The highest BCUT2D eigenvalue weighted by atomic mass is 19.2. The molecule has 0 aliphatic carbocycles. The van der Waals surface area contributed by atoms with Crippen molar-refractivity contribution in [2.45, 2.75) is 32.1 Å². The first-order chi connectivity index (χ1) is 19.8. The summed E-state index contributed by atoms with van der Waals surface area (Å²) < 4.78 is 41.6. The second kappa shape index (κ2) is 11.1. The van der Waals surface area contributed by atoms with E-state index in [1.165, 1.54) is 29.3 Å². The Balaban J connectivity index is 1.16. The van der Waals surface area contributed by atoms with Gasteiger partial charge in [0, 0.05) is 42.9 Å². The van der Waals surface area contributed by atoms with Gasteiger partial charge in [-0.1, -0.05) is 12.1 Å². The minimum atomic E-state index is -0.952. The van der Waals surface area contributed by atoms with Crippen molar-refractivity contribution in [1.29, 1.82) is 0 Å². The van der Waals surface area contributed by atoms with Gasteiger partial charge in [-0.25, -0.2) is 13.2 Å². The molecule has 8 nitrogen and oxygen atoms in total. The van der Waals surface area contributed by atoms with Gasteiger partial charge in [-0.2, -0.15) is 5.10 Å². The molecule has 41 heavy (non-hydrogen) atoms. The van der Waals surface area contributed by atoms with Crippen LogP contribution in [-0.2, 0) is 13.1 Å². The number of aromatic amines is 2. The van der Waals surface area contributed by atoms with Crippen LogP contribution in [0.15, 0.2) is 71.9 Å². The Labute approximate surface area is 232 Å².